The maximum atomic E-state index is 12.3. The third-order valence-electron chi connectivity index (χ3n) is 3.90. The molecule has 0 amide bonds. The number of hydrogen-bond acceptors (Lipinski definition) is 4. The van der Waals surface area contributed by atoms with Crippen LogP contribution in [0.25, 0.3) is 0 Å². The lowest BCUT2D eigenvalue weighted by atomic mass is 9.81. The predicted octanol–water partition coefficient (Wildman–Crippen LogP) is 3.62. The Kier molecular flexibility index (Phi) is 7.38. The first-order chi connectivity index (χ1) is 9.39. The van der Waals surface area contributed by atoms with Crippen molar-refractivity contribution in [2.75, 3.05) is 12.9 Å². The molecular formula is C16H31NO2S. The summed E-state index contributed by atoms with van der Waals surface area (Å²) < 4.78 is 5.07. The second-order valence-corrected chi connectivity index (χ2v) is 8.05. The first-order valence-corrected chi connectivity index (χ1v) is 8.92. The molecule has 0 aromatic heterocycles. The zero-order valence-corrected chi connectivity index (χ0v) is 14.5. The fourth-order valence-corrected chi connectivity index (χ4v) is 4.64. The lowest BCUT2D eigenvalue weighted by Gasteiger charge is -2.40. The summed E-state index contributed by atoms with van der Waals surface area (Å²) in [5, 5.41) is 4.06. The zero-order valence-electron chi connectivity index (χ0n) is 13.7. The maximum Gasteiger partial charge on any atom is 0.326 e. The van der Waals surface area contributed by atoms with Crippen molar-refractivity contribution in [2.24, 2.45) is 5.92 Å². The summed E-state index contributed by atoms with van der Waals surface area (Å²) >= 11 is 2.04. The van der Waals surface area contributed by atoms with Gasteiger partial charge in [-0.05, 0) is 57.6 Å². The zero-order chi connectivity index (χ0) is 15.2. The Hall–Kier alpha value is -0.220. The summed E-state index contributed by atoms with van der Waals surface area (Å²) in [7, 11) is 1.50. The van der Waals surface area contributed by atoms with E-state index in [0.29, 0.717) is 11.3 Å². The highest BCUT2D eigenvalue weighted by atomic mass is 32.2. The number of rotatable bonds is 7. The van der Waals surface area contributed by atoms with Crippen molar-refractivity contribution < 1.29 is 9.53 Å². The molecule has 1 fully saturated rings. The number of hydrogen-bond donors (Lipinski definition) is 1. The maximum absolute atomic E-state index is 12.3. The molecule has 0 radical (unpaired) electrons. The standard InChI is InChI=1S/C16H31NO2S/c1-12(2)8-10-20-14-7-6-9-16(11-14,15(18)19-5)17-13(3)4/h12-14,17H,6-11H2,1-5H3. The quantitative estimate of drug-likeness (QED) is 0.729. The van der Waals surface area contributed by atoms with Crippen molar-refractivity contribution in [3.63, 3.8) is 0 Å². The topological polar surface area (TPSA) is 38.3 Å². The molecule has 2 atom stereocenters. The summed E-state index contributed by atoms with van der Waals surface area (Å²) in [5.41, 5.74) is -0.462. The number of nitrogens with one attached hydrogen (secondary N) is 1. The highest BCUT2D eigenvalue weighted by Crippen LogP contribution is 2.36. The molecule has 0 aromatic rings. The van der Waals surface area contributed by atoms with Gasteiger partial charge in [0, 0.05) is 11.3 Å². The molecule has 4 heteroatoms. The molecule has 0 spiro atoms. The summed E-state index contributed by atoms with van der Waals surface area (Å²) in [6, 6.07) is 0.300. The number of ether oxygens (including phenoxy) is 1. The third-order valence-corrected chi connectivity index (χ3v) is 5.24. The van der Waals surface area contributed by atoms with Gasteiger partial charge >= 0.3 is 5.97 Å². The van der Waals surface area contributed by atoms with E-state index in [1.807, 2.05) is 11.8 Å². The van der Waals surface area contributed by atoms with E-state index in [4.69, 9.17) is 4.74 Å². The second kappa shape index (κ2) is 8.28. The van der Waals surface area contributed by atoms with Crippen molar-refractivity contribution in [3.05, 3.63) is 0 Å². The summed E-state index contributed by atoms with van der Waals surface area (Å²) in [5.74, 6) is 1.87. The molecule has 1 rings (SSSR count). The first-order valence-electron chi connectivity index (χ1n) is 7.87. The lowest BCUT2D eigenvalue weighted by Crippen LogP contribution is -2.58. The number of carbonyl (C=O) groups is 1. The van der Waals surface area contributed by atoms with Gasteiger partial charge in [-0.1, -0.05) is 13.8 Å². The molecule has 1 saturated carbocycles. The number of esters is 1. The van der Waals surface area contributed by atoms with Gasteiger partial charge in [0.15, 0.2) is 0 Å². The molecule has 0 saturated heterocycles. The van der Waals surface area contributed by atoms with Crippen LogP contribution in [0, 0.1) is 5.92 Å². The minimum absolute atomic E-state index is 0.0830. The Balaban J connectivity index is 2.63. The molecular weight excluding hydrogens is 270 g/mol. The van der Waals surface area contributed by atoms with E-state index in [0.717, 1.165) is 25.2 Å². The summed E-state index contributed by atoms with van der Waals surface area (Å²) in [6.07, 6.45) is 5.39. The lowest BCUT2D eigenvalue weighted by molar-refractivity contribution is -0.150. The van der Waals surface area contributed by atoms with Gasteiger partial charge in [-0.3, -0.25) is 10.1 Å². The van der Waals surface area contributed by atoms with E-state index in [2.05, 4.69) is 33.0 Å². The van der Waals surface area contributed by atoms with E-state index in [-0.39, 0.29) is 5.97 Å². The van der Waals surface area contributed by atoms with Crippen LogP contribution in [0.15, 0.2) is 0 Å². The number of carbonyl (C=O) groups excluding carboxylic acids is 1. The van der Waals surface area contributed by atoms with Crippen molar-refractivity contribution in [2.45, 2.75) is 76.6 Å². The third kappa shape index (κ3) is 5.28. The Labute approximate surface area is 128 Å². The van der Waals surface area contributed by atoms with Gasteiger partial charge in [-0.25, -0.2) is 0 Å². The van der Waals surface area contributed by atoms with Crippen molar-refractivity contribution in [1.82, 2.24) is 5.32 Å². The number of thioether (sulfide) groups is 1. The molecule has 2 unspecified atom stereocenters. The first kappa shape index (κ1) is 17.8. The van der Waals surface area contributed by atoms with Gasteiger partial charge in [0.05, 0.1) is 7.11 Å². The minimum Gasteiger partial charge on any atom is -0.468 e. The molecule has 20 heavy (non-hydrogen) atoms. The monoisotopic (exact) mass is 301 g/mol. The fourth-order valence-electron chi connectivity index (χ4n) is 2.96. The van der Waals surface area contributed by atoms with Crippen LogP contribution in [-0.2, 0) is 9.53 Å². The van der Waals surface area contributed by atoms with Gasteiger partial charge in [-0.15, -0.1) is 0 Å². The van der Waals surface area contributed by atoms with E-state index in [1.165, 1.54) is 25.7 Å². The SMILES string of the molecule is COC(=O)C1(NC(C)C)CCCC(SCCC(C)C)C1. The van der Waals surface area contributed by atoms with E-state index < -0.39 is 5.54 Å². The molecule has 0 heterocycles. The van der Waals surface area contributed by atoms with Crippen LogP contribution in [0.2, 0.25) is 0 Å². The Bertz CT molecular complexity index is 307. The van der Waals surface area contributed by atoms with Crippen molar-refractivity contribution in [1.29, 1.82) is 0 Å². The Morgan fingerprint density at radius 1 is 1.40 bits per heavy atom. The molecule has 1 aliphatic rings. The molecule has 0 aliphatic heterocycles. The minimum atomic E-state index is -0.462. The van der Waals surface area contributed by atoms with Crippen LogP contribution >= 0.6 is 11.8 Å². The fraction of sp³-hybridized carbons (Fsp3) is 0.938. The van der Waals surface area contributed by atoms with Gasteiger partial charge in [0.1, 0.15) is 5.54 Å². The van der Waals surface area contributed by atoms with Crippen LogP contribution < -0.4 is 5.32 Å². The Morgan fingerprint density at radius 3 is 2.65 bits per heavy atom. The predicted molar refractivity (Wildman–Crippen MR) is 87.2 cm³/mol. The largest absolute Gasteiger partial charge is 0.468 e. The van der Waals surface area contributed by atoms with Crippen LogP contribution in [0.4, 0.5) is 0 Å². The van der Waals surface area contributed by atoms with Crippen molar-refractivity contribution in [3.8, 4) is 0 Å². The number of methoxy groups -OCH3 is 1. The second-order valence-electron chi connectivity index (χ2n) is 6.64. The molecule has 0 aromatic carbocycles. The molecule has 118 valence electrons. The smallest absolute Gasteiger partial charge is 0.326 e. The van der Waals surface area contributed by atoms with E-state index >= 15 is 0 Å². The van der Waals surface area contributed by atoms with Crippen LogP contribution in [0.3, 0.4) is 0 Å². The summed E-state index contributed by atoms with van der Waals surface area (Å²) in [6.45, 7) is 8.72. The van der Waals surface area contributed by atoms with Crippen molar-refractivity contribution >= 4 is 17.7 Å². The highest BCUT2D eigenvalue weighted by Gasteiger charge is 2.44. The Morgan fingerprint density at radius 2 is 2.10 bits per heavy atom. The average molecular weight is 301 g/mol. The van der Waals surface area contributed by atoms with Gasteiger partial charge in [-0.2, -0.15) is 11.8 Å². The van der Waals surface area contributed by atoms with Crippen LogP contribution in [0.1, 0.15) is 59.8 Å². The van der Waals surface area contributed by atoms with Crippen LogP contribution in [0.5, 0.6) is 0 Å². The van der Waals surface area contributed by atoms with E-state index in [1.54, 1.807) is 0 Å². The highest BCUT2D eigenvalue weighted by molar-refractivity contribution is 7.99. The summed E-state index contributed by atoms with van der Waals surface area (Å²) in [4.78, 5) is 12.3. The molecule has 0 bridgehead atoms. The van der Waals surface area contributed by atoms with Gasteiger partial charge in [0.25, 0.3) is 0 Å². The molecule has 1 aliphatic carbocycles. The van der Waals surface area contributed by atoms with Gasteiger partial charge in [0.2, 0.25) is 0 Å². The molecule has 3 nitrogen and oxygen atoms in total. The van der Waals surface area contributed by atoms with Gasteiger partial charge < -0.3 is 4.74 Å². The normalized spacial score (nSPS) is 27.1. The van der Waals surface area contributed by atoms with E-state index in [9.17, 15) is 4.79 Å². The average Bonchev–Trinajstić information content (AvgIpc) is 2.36. The van der Waals surface area contributed by atoms with Crippen LogP contribution in [-0.4, -0.2) is 35.7 Å². The molecule has 1 N–H and O–H groups in total.